The molecule has 0 unspecified atom stereocenters. The molecule has 0 saturated heterocycles. The van der Waals surface area contributed by atoms with Gasteiger partial charge in [-0.15, -0.1) is 0 Å². The fraction of sp³-hybridized carbons (Fsp3) is 0.500. The molecule has 0 spiro atoms. The van der Waals surface area contributed by atoms with Crippen LogP contribution in [0.25, 0.3) is 11.5 Å². The second-order valence-electron chi connectivity index (χ2n) is 6.66. The zero-order valence-corrected chi connectivity index (χ0v) is 16.7. The highest BCUT2D eigenvalue weighted by atomic mass is 79.9. The average Bonchev–Trinajstić information content (AvgIpc) is 2.79. The highest BCUT2D eigenvalue weighted by molar-refractivity contribution is 9.10. The van der Waals surface area contributed by atoms with Crippen LogP contribution in [0.3, 0.4) is 0 Å². The summed E-state index contributed by atoms with van der Waals surface area (Å²) in [5.74, 6) is 0.342. The van der Waals surface area contributed by atoms with Crippen molar-refractivity contribution in [3.8, 4) is 11.5 Å². The molecule has 0 radical (unpaired) electrons. The van der Waals surface area contributed by atoms with E-state index >= 15 is 0 Å². The van der Waals surface area contributed by atoms with Gasteiger partial charge in [-0.25, -0.2) is 14.4 Å². The lowest BCUT2D eigenvalue weighted by Gasteiger charge is -2.17. The van der Waals surface area contributed by atoms with Gasteiger partial charge in [0.1, 0.15) is 22.8 Å². The van der Waals surface area contributed by atoms with Gasteiger partial charge < -0.3 is 9.30 Å². The maximum absolute atomic E-state index is 13.1. The number of ether oxygens (including phenoxy) is 1. The van der Waals surface area contributed by atoms with Gasteiger partial charge in [-0.05, 0) is 40.5 Å². The van der Waals surface area contributed by atoms with Gasteiger partial charge in [0.15, 0.2) is 5.82 Å². The Morgan fingerprint density at radius 2 is 2.04 bits per heavy atom. The molecule has 0 amide bonds. The van der Waals surface area contributed by atoms with Crippen LogP contribution in [-0.2, 0) is 17.9 Å². The lowest BCUT2D eigenvalue weighted by molar-refractivity contribution is 0.0864. The van der Waals surface area contributed by atoms with Crippen molar-refractivity contribution in [2.24, 2.45) is 0 Å². The molecule has 23 heavy (non-hydrogen) atoms. The third-order valence-corrected chi connectivity index (χ3v) is 5.87. The Bertz CT molecular complexity index is 653. The number of pyridine rings is 1. The zero-order valence-electron chi connectivity index (χ0n) is 14.1. The first-order chi connectivity index (χ1) is 10.8. The predicted molar refractivity (Wildman–Crippen MR) is 96.6 cm³/mol. The average molecular weight is 400 g/mol. The van der Waals surface area contributed by atoms with Gasteiger partial charge in [-0.1, -0.05) is 26.6 Å². The van der Waals surface area contributed by atoms with Crippen LogP contribution in [0.2, 0.25) is 25.7 Å². The highest BCUT2D eigenvalue weighted by Gasteiger charge is 2.17. The summed E-state index contributed by atoms with van der Waals surface area (Å²) in [6, 6.07) is 4.16. The van der Waals surface area contributed by atoms with E-state index in [0.717, 1.165) is 29.4 Å². The Hall–Kier alpha value is -1.05. The molecule has 0 aliphatic carbocycles. The maximum atomic E-state index is 13.1. The van der Waals surface area contributed by atoms with E-state index < -0.39 is 8.07 Å². The molecule has 2 rings (SSSR count). The fourth-order valence-corrected chi connectivity index (χ4v) is 3.59. The number of hydrogen-bond donors (Lipinski definition) is 0. The molecule has 4 nitrogen and oxygen atoms in total. The molecule has 0 fully saturated rings. The molecule has 0 atom stereocenters. The molecule has 0 bridgehead atoms. The Morgan fingerprint density at radius 3 is 2.61 bits per heavy atom. The van der Waals surface area contributed by atoms with Gasteiger partial charge in [0.05, 0.1) is 11.9 Å². The minimum Gasteiger partial charge on any atom is -0.361 e. The van der Waals surface area contributed by atoms with Crippen molar-refractivity contribution in [3.63, 3.8) is 0 Å². The van der Waals surface area contributed by atoms with Crippen LogP contribution in [0, 0.1) is 5.82 Å². The third kappa shape index (κ3) is 4.96. The van der Waals surface area contributed by atoms with Crippen LogP contribution in [0.15, 0.2) is 22.9 Å². The van der Waals surface area contributed by atoms with E-state index in [4.69, 9.17) is 4.74 Å². The Balaban J connectivity index is 2.21. The van der Waals surface area contributed by atoms with Crippen molar-refractivity contribution >= 4 is 24.0 Å². The Morgan fingerprint density at radius 1 is 1.30 bits per heavy atom. The number of hydrogen-bond acceptors (Lipinski definition) is 3. The molecule has 0 saturated carbocycles. The molecule has 2 heterocycles. The standard InChI is InChI=1S/C16H23BrFN3OSi/c1-5-14-15(17)20-16(13-7-6-12(18)10-19-13)21(14)11-22-8-9-23(2,3)4/h6-7,10H,5,8-9,11H2,1-4H3. The molecule has 0 N–H and O–H groups in total. The molecule has 0 aliphatic heterocycles. The summed E-state index contributed by atoms with van der Waals surface area (Å²) >= 11 is 3.50. The van der Waals surface area contributed by atoms with Crippen LogP contribution >= 0.6 is 15.9 Å². The van der Waals surface area contributed by atoms with Crippen LogP contribution in [-0.4, -0.2) is 29.2 Å². The zero-order chi connectivity index (χ0) is 17.0. The van der Waals surface area contributed by atoms with E-state index in [1.165, 1.54) is 12.3 Å². The molecule has 7 heteroatoms. The van der Waals surface area contributed by atoms with Gasteiger partial charge in [-0.2, -0.15) is 0 Å². The number of imidazole rings is 1. The summed E-state index contributed by atoms with van der Waals surface area (Å²) in [5, 5.41) is 0. The first-order valence-electron chi connectivity index (χ1n) is 7.76. The summed E-state index contributed by atoms with van der Waals surface area (Å²) in [7, 11) is -1.11. The van der Waals surface area contributed by atoms with Crippen LogP contribution < -0.4 is 0 Å². The molecule has 0 aromatic carbocycles. The first-order valence-corrected chi connectivity index (χ1v) is 12.3. The Kier molecular flexibility index (Phi) is 6.10. The van der Waals surface area contributed by atoms with E-state index in [-0.39, 0.29) is 5.82 Å². The van der Waals surface area contributed by atoms with Crippen LogP contribution in [0.1, 0.15) is 12.6 Å². The van der Waals surface area contributed by atoms with Crippen molar-refractivity contribution < 1.29 is 9.13 Å². The van der Waals surface area contributed by atoms with E-state index in [1.54, 1.807) is 6.07 Å². The van der Waals surface area contributed by atoms with E-state index in [9.17, 15) is 4.39 Å². The SMILES string of the molecule is CCc1c(Br)nc(-c2ccc(F)cn2)n1COCC[Si](C)(C)C. The second kappa shape index (κ2) is 7.68. The van der Waals surface area contributed by atoms with Gasteiger partial charge in [0.25, 0.3) is 0 Å². The van der Waals surface area contributed by atoms with E-state index in [2.05, 4.69) is 52.5 Å². The fourth-order valence-electron chi connectivity index (χ4n) is 2.17. The van der Waals surface area contributed by atoms with Crippen LogP contribution in [0.5, 0.6) is 0 Å². The molecule has 0 aliphatic rings. The van der Waals surface area contributed by atoms with E-state index in [1.807, 2.05) is 4.57 Å². The summed E-state index contributed by atoms with van der Waals surface area (Å²) in [5.41, 5.74) is 1.69. The Labute approximate surface area is 146 Å². The second-order valence-corrected chi connectivity index (χ2v) is 13.0. The minimum atomic E-state index is -1.11. The monoisotopic (exact) mass is 399 g/mol. The normalized spacial score (nSPS) is 11.9. The predicted octanol–water partition coefficient (Wildman–Crippen LogP) is 4.72. The van der Waals surface area contributed by atoms with Crippen molar-refractivity contribution in [1.82, 2.24) is 14.5 Å². The molecule has 126 valence electrons. The molecule has 2 aromatic heterocycles. The quantitative estimate of drug-likeness (QED) is 0.499. The molecule has 2 aromatic rings. The van der Waals surface area contributed by atoms with Gasteiger partial charge in [-0.3, -0.25) is 0 Å². The maximum Gasteiger partial charge on any atom is 0.162 e. The summed E-state index contributed by atoms with van der Waals surface area (Å²) in [6.07, 6.45) is 2.03. The van der Waals surface area contributed by atoms with Crippen molar-refractivity contribution in [2.75, 3.05) is 6.61 Å². The number of nitrogens with zero attached hydrogens (tertiary/aromatic N) is 3. The molecular formula is C16H23BrFN3OSi. The van der Waals surface area contributed by atoms with E-state index in [0.29, 0.717) is 18.2 Å². The smallest absolute Gasteiger partial charge is 0.162 e. The summed E-state index contributed by atoms with van der Waals surface area (Å²) < 4.78 is 21.8. The number of halogens is 2. The van der Waals surface area contributed by atoms with Gasteiger partial charge in [0.2, 0.25) is 0 Å². The lowest BCUT2D eigenvalue weighted by Crippen LogP contribution is -2.22. The van der Waals surface area contributed by atoms with Crippen LogP contribution in [0.4, 0.5) is 4.39 Å². The van der Waals surface area contributed by atoms with Crippen molar-refractivity contribution in [2.45, 2.75) is 45.8 Å². The largest absolute Gasteiger partial charge is 0.361 e. The number of aromatic nitrogens is 3. The summed E-state index contributed by atoms with van der Waals surface area (Å²) in [6.45, 7) is 10.2. The third-order valence-electron chi connectivity index (χ3n) is 3.53. The van der Waals surface area contributed by atoms with Crippen molar-refractivity contribution in [1.29, 1.82) is 0 Å². The van der Waals surface area contributed by atoms with Gasteiger partial charge >= 0.3 is 0 Å². The number of rotatable bonds is 7. The minimum absolute atomic E-state index is 0.354. The first kappa shape index (κ1) is 18.3. The highest BCUT2D eigenvalue weighted by Crippen LogP contribution is 2.25. The summed E-state index contributed by atoms with van der Waals surface area (Å²) in [4.78, 5) is 8.67. The lowest BCUT2D eigenvalue weighted by atomic mass is 10.3. The molecular weight excluding hydrogens is 377 g/mol. The topological polar surface area (TPSA) is 39.9 Å². The van der Waals surface area contributed by atoms with Crippen molar-refractivity contribution in [3.05, 3.63) is 34.4 Å². The van der Waals surface area contributed by atoms with Gasteiger partial charge in [0, 0.05) is 14.7 Å².